The van der Waals surface area contributed by atoms with E-state index < -0.39 is 25.2 Å². The number of hydrogen-bond acceptors (Lipinski definition) is 6. The summed E-state index contributed by atoms with van der Waals surface area (Å²) in [5.41, 5.74) is 0.722. The van der Waals surface area contributed by atoms with Crippen molar-refractivity contribution in [3.05, 3.63) is 11.9 Å². The third kappa shape index (κ3) is 5.05. The van der Waals surface area contributed by atoms with Crippen molar-refractivity contribution >= 4 is 17.5 Å². The number of anilines is 2. The van der Waals surface area contributed by atoms with Gasteiger partial charge in [-0.25, -0.2) is 13.2 Å². The van der Waals surface area contributed by atoms with Gasteiger partial charge in [0.05, 0.1) is 6.10 Å². The van der Waals surface area contributed by atoms with Gasteiger partial charge in [-0.05, 0) is 44.8 Å². The highest BCUT2D eigenvalue weighted by atomic mass is 19.3. The third-order valence-corrected chi connectivity index (χ3v) is 3.46. The Morgan fingerprint density at radius 3 is 2.42 bits per heavy atom. The summed E-state index contributed by atoms with van der Waals surface area (Å²) < 4.78 is 38.3. The van der Waals surface area contributed by atoms with Crippen LogP contribution in [0.15, 0.2) is 6.08 Å². The predicted octanol–water partition coefficient (Wildman–Crippen LogP) is 2.64. The van der Waals surface area contributed by atoms with E-state index in [4.69, 9.17) is 0 Å². The van der Waals surface area contributed by atoms with Gasteiger partial charge in [-0.15, -0.1) is 0 Å². The number of nitrogens with one attached hydrogen (secondary N) is 2. The molecule has 0 spiro atoms. The molecule has 0 amide bonds. The molecule has 1 heterocycles. The molecule has 134 valence electrons. The van der Waals surface area contributed by atoms with Crippen molar-refractivity contribution in [1.82, 2.24) is 15.0 Å². The second-order valence-electron chi connectivity index (χ2n) is 6.00. The molecule has 0 aliphatic heterocycles. The van der Waals surface area contributed by atoms with Crippen molar-refractivity contribution in [1.29, 1.82) is 0 Å². The average molecular weight is 345 g/mol. The van der Waals surface area contributed by atoms with Crippen LogP contribution in [0.2, 0.25) is 0 Å². The zero-order valence-corrected chi connectivity index (χ0v) is 13.6. The summed E-state index contributed by atoms with van der Waals surface area (Å²) in [6, 6.07) is -1.66. The van der Waals surface area contributed by atoms with Crippen LogP contribution >= 0.6 is 0 Å². The predicted molar refractivity (Wildman–Crippen MR) is 85.8 cm³/mol. The molecule has 0 saturated carbocycles. The first-order chi connectivity index (χ1) is 11.4. The maximum atomic E-state index is 12.8. The van der Waals surface area contributed by atoms with E-state index in [0.717, 1.165) is 12.0 Å². The number of hydrogen-bond donors (Lipinski definition) is 3. The Labute approximate surface area is 138 Å². The molecule has 6 nitrogen and oxygen atoms in total. The average Bonchev–Trinajstić information content (AvgIpc) is 2.51. The lowest BCUT2D eigenvalue weighted by Crippen LogP contribution is -2.31. The summed E-state index contributed by atoms with van der Waals surface area (Å²) in [7, 11) is 0. The quantitative estimate of drug-likeness (QED) is 0.705. The molecule has 2 rings (SSSR count). The van der Waals surface area contributed by atoms with E-state index in [-0.39, 0.29) is 17.9 Å². The second kappa shape index (κ2) is 8.27. The molecule has 0 bridgehead atoms. The molecule has 0 saturated heterocycles. The van der Waals surface area contributed by atoms with Crippen LogP contribution in [0, 0.1) is 0 Å². The number of alkyl halides is 3. The molecule has 9 heteroatoms. The van der Waals surface area contributed by atoms with Crippen LogP contribution in [0.3, 0.4) is 0 Å². The molecular formula is C15H22F3N5O. The van der Waals surface area contributed by atoms with E-state index in [9.17, 15) is 18.3 Å². The van der Waals surface area contributed by atoms with Crippen molar-refractivity contribution in [3.8, 4) is 0 Å². The van der Waals surface area contributed by atoms with Crippen LogP contribution in [0.5, 0.6) is 0 Å². The summed E-state index contributed by atoms with van der Waals surface area (Å²) in [5.74, 6) is 0.388. The molecule has 0 radical (unpaired) electrons. The summed E-state index contributed by atoms with van der Waals surface area (Å²) in [5, 5.41) is 15.1. The summed E-state index contributed by atoms with van der Waals surface area (Å²) in [4.78, 5) is 12.4. The fraction of sp³-hybridized carbons (Fsp3) is 0.667. The van der Waals surface area contributed by atoms with Crippen LogP contribution in [-0.2, 0) is 0 Å². The highest BCUT2D eigenvalue weighted by Crippen LogP contribution is 2.26. The third-order valence-electron chi connectivity index (χ3n) is 3.46. The zero-order chi connectivity index (χ0) is 17.7. The van der Waals surface area contributed by atoms with Gasteiger partial charge in [0.2, 0.25) is 11.9 Å². The fourth-order valence-electron chi connectivity index (χ4n) is 2.33. The molecule has 24 heavy (non-hydrogen) atoms. The minimum atomic E-state index is -2.88. The van der Waals surface area contributed by atoms with Crippen LogP contribution in [-0.4, -0.2) is 51.3 Å². The maximum Gasteiger partial charge on any atom is 0.261 e. The maximum absolute atomic E-state index is 12.8. The lowest BCUT2D eigenvalue weighted by atomic mass is 9.97. The monoisotopic (exact) mass is 345 g/mol. The first-order valence-electron chi connectivity index (χ1n) is 7.91. The standard InChI is InChI=1S/C15H22F3N5O/c1-8(2)19-14-21-13(9-4-3-5-10(24)6-9)22-15(23-14)20-11(7-16)12(17)18/h6,8,10-12,24H,3-5,7H2,1-2H3,(H2,19,20,21,22,23). The van der Waals surface area contributed by atoms with Gasteiger partial charge in [-0.3, -0.25) is 0 Å². The van der Waals surface area contributed by atoms with Gasteiger partial charge >= 0.3 is 0 Å². The molecule has 1 aromatic rings. The highest BCUT2D eigenvalue weighted by Gasteiger charge is 2.23. The smallest absolute Gasteiger partial charge is 0.261 e. The molecular weight excluding hydrogens is 323 g/mol. The lowest BCUT2D eigenvalue weighted by molar-refractivity contribution is 0.112. The van der Waals surface area contributed by atoms with Crippen molar-refractivity contribution in [2.75, 3.05) is 17.3 Å². The first-order valence-corrected chi connectivity index (χ1v) is 7.91. The van der Waals surface area contributed by atoms with E-state index in [2.05, 4.69) is 25.6 Å². The number of aliphatic hydroxyl groups is 1. The Morgan fingerprint density at radius 1 is 1.21 bits per heavy atom. The van der Waals surface area contributed by atoms with Gasteiger partial charge in [0.25, 0.3) is 6.43 Å². The molecule has 1 aliphatic carbocycles. The Hall–Kier alpha value is -1.90. The minimum Gasteiger partial charge on any atom is -0.389 e. The van der Waals surface area contributed by atoms with Crippen molar-refractivity contribution in [2.24, 2.45) is 0 Å². The van der Waals surface area contributed by atoms with E-state index in [1.54, 1.807) is 6.08 Å². The normalized spacial score (nSPS) is 19.3. The number of allylic oxidation sites excluding steroid dienone is 1. The molecule has 0 aromatic carbocycles. The van der Waals surface area contributed by atoms with Gasteiger partial charge < -0.3 is 15.7 Å². The Balaban J connectivity index is 2.34. The van der Waals surface area contributed by atoms with Crippen molar-refractivity contribution < 1.29 is 18.3 Å². The van der Waals surface area contributed by atoms with Gasteiger partial charge in [0, 0.05) is 6.04 Å². The SMILES string of the molecule is CC(C)Nc1nc(NC(CF)C(F)F)nc(C2=CC(O)CCC2)n1. The lowest BCUT2D eigenvalue weighted by Gasteiger charge is -2.19. The number of nitrogens with zero attached hydrogens (tertiary/aromatic N) is 3. The van der Waals surface area contributed by atoms with Gasteiger partial charge in [0.15, 0.2) is 5.82 Å². The molecule has 2 atom stereocenters. The number of halogens is 3. The number of rotatable bonds is 7. The van der Waals surface area contributed by atoms with Crippen molar-refractivity contribution in [3.63, 3.8) is 0 Å². The van der Waals surface area contributed by atoms with Gasteiger partial charge in [-0.1, -0.05) is 0 Å². The number of aromatic nitrogens is 3. The zero-order valence-electron chi connectivity index (χ0n) is 13.6. The van der Waals surface area contributed by atoms with Crippen LogP contribution in [0.1, 0.15) is 38.9 Å². The Bertz CT molecular complexity index is 582. The van der Waals surface area contributed by atoms with E-state index in [0.29, 0.717) is 18.7 Å². The highest BCUT2D eigenvalue weighted by molar-refractivity contribution is 5.63. The Morgan fingerprint density at radius 2 is 1.88 bits per heavy atom. The summed E-state index contributed by atoms with van der Waals surface area (Å²) in [6.07, 6.45) is 0.297. The summed E-state index contributed by atoms with van der Waals surface area (Å²) in [6.45, 7) is 2.51. The van der Waals surface area contributed by atoms with E-state index in [1.165, 1.54) is 0 Å². The first kappa shape index (κ1) is 18.4. The van der Waals surface area contributed by atoms with Crippen LogP contribution in [0.25, 0.3) is 5.57 Å². The van der Waals surface area contributed by atoms with E-state index in [1.807, 2.05) is 13.8 Å². The van der Waals surface area contributed by atoms with E-state index >= 15 is 0 Å². The van der Waals surface area contributed by atoms with Crippen molar-refractivity contribution in [2.45, 2.75) is 57.7 Å². The van der Waals surface area contributed by atoms with Crippen LogP contribution in [0.4, 0.5) is 25.1 Å². The topological polar surface area (TPSA) is 83.0 Å². The molecule has 3 N–H and O–H groups in total. The van der Waals surface area contributed by atoms with Gasteiger partial charge in [0.1, 0.15) is 12.7 Å². The molecule has 0 fully saturated rings. The largest absolute Gasteiger partial charge is 0.389 e. The molecule has 1 aromatic heterocycles. The fourth-order valence-corrected chi connectivity index (χ4v) is 2.33. The second-order valence-corrected chi connectivity index (χ2v) is 6.00. The molecule has 2 unspecified atom stereocenters. The minimum absolute atomic E-state index is 0.0195. The number of aliphatic hydroxyl groups excluding tert-OH is 1. The van der Waals surface area contributed by atoms with Gasteiger partial charge in [-0.2, -0.15) is 15.0 Å². The van der Waals surface area contributed by atoms with Crippen LogP contribution < -0.4 is 10.6 Å². The Kier molecular flexibility index (Phi) is 6.36. The molecule has 1 aliphatic rings. The summed E-state index contributed by atoms with van der Waals surface area (Å²) >= 11 is 0.